The van der Waals surface area contributed by atoms with Crippen LogP contribution in [0.15, 0.2) is 24.3 Å². The standard InChI is InChI=1S/C16H27NO2/c1-14(2)6-5-9-17-10-11-19-13-15-7-4-8-16(12-15)18-3/h4,7-8,12,14,17H,5-6,9-11,13H2,1-3H3. The Labute approximate surface area is 117 Å². The van der Waals surface area contributed by atoms with Crippen molar-refractivity contribution in [2.24, 2.45) is 5.92 Å². The molecule has 1 N–H and O–H groups in total. The van der Waals surface area contributed by atoms with Crippen molar-refractivity contribution in [3.63, 3.8) is 0 Å². The molecule has 0 saturated carbocycles. The number of ether oxygens (including phenoxy) is 2. The molecule has 0 aliphatic carbocycles. The largest absolute Gasteiger partial charge is 0.497 e. The highest BCUT2D eigenvalue weighted by Crippen LogP contribution is 2.12. The van der Waals surface area contributed by atoms with Gasteiger partial charge >= 0.3 is 0 Å². The molecule has 0 atom stereocenters. The third kappa shape index (κ3) is 7.85. The summed E-state index contributed by atoms with van der Waals surface area (Å²) in [6.45, 7) is 7.92. The van der Waals surface area contributed by atoms with E-state index in [0.717, 1.165) is 36.9 Å². The maximum absolute atomic E-state index is 5.63. The van der Waals surface area contributed by atoms with Gasteiger partial charge in [0, 0.05) is 6.54 Å². The lowest BCUT2D eigenvalue weighted by Gasteiger charge is -2.08. The molecule has 0 unspecified atom stereocenters. The minimum atomic E-state index is 0.644. The monoisotopic (exact) mass is 265 g/mol. The van der Waals surface area contributed by atoms with Crippen molar-refractivity contribution in [1.29, 1.82) is 0 Å². The minimum absolute atomic E-state index is 0.644. The van der Waals surface area contributed by atoms with Crippen LogP contribution in [0.3, 0.4) is 0 Å². The van der Waals surface area contributed by atoms with Crippen molar-refractivity contribution >= 4 is 0 Å². The number of hydrogen-bond acceptors (Lipinski definition) is 3. The Morgan fingerprint density at radius 3 is 2.79 bits per heavy atom. The molecule has 0 fully saturated rings. The minimum Gasteiger partial charge on any atom is -0.497 e. The summed E-state index contributed by atoms with van der Waals surface area (Å²) in [6, 6.07) is 8.00. The van der Waals surface area contributed by atoms with Gasteiger partial charge in [-0.2, -0.15) is 0 Å². The molecule has 0 bridgehead atoms. The molecule has 0 saturated heterocycles. The average molecular weight is 265 g/mol. The Balaban J connectivity index is 2.01. The zero-order valence-electron chi connectivity index (χ0n) is 12.4. The lowest BCUT2D eigenvalue weighted by atomic mass is 10.1. The van der Waals surface area contributed by atoms with Gasteiger partial charge in [-0.25, -0.2) is 0 Å². The van der Waals surface area contributed by atoms with Crippen LogP contribution in [0.2, 0.25) is 0 Å². The van der Waals surface area contributed by atoms with Crippen molar-refractivity contribution in [1.82, 2.24) is 5.32 Å². The summed E-state index contributed by atoms with van der Waals surface area (Å²) in [5.41, 5.74) is 1.15. The van der Waals surface area contributed by atoms with Crippen LogP contribution in [0.25, 0.3) is 0 Å². The van der Waals surface area contributed by atoms with Gasteiger partial charge in [0.2, 0.25) is 0 Å². The molecule has 0 heterocycles. The van der Waals surface area contributed by atoms with Crippen LogP contribution in [0.4, 0.5) is 0 Å². The van der Waals surface area contributed by atoms with E-state index in [-0.39, 0.29) is 0 Å². The smallest absolute Gasteiger partial charge is 0.119 e. The summed E-state index contributed by atoms with van der Waals surface area (Å²) in [5.74, 6) is 1.68. The van der Waals surface area contributed by atoms with E-state index < -0.39 is 0 Å². The van der Waals surface area contributed by atoms with E-state index in [1.807, 2.05) is 18.2 Å². The average Bonchev–Trinajstić information content (AvgIpc) is 2.41. The van der Waals surface area contributed by atoms with E-state index in [0.29, 0.717) is 6.61 Å². The van der Waals surface area contributed by atoms with Crippen molar-refractivity contribution in [2.45, 2.75) is 33.3 Å². The molecule has 3 nitrogen and oxygen atoms in total. The SMILES string of the molecule is COc1cccc(COCCNCCCC(C)C)c1. The third-order valence-corrected chi connectivity index (χ3v) is 2.96. The Morgan fingerprint density at radius 2 is 2.05 bits per heavy atom. The van der Waals surface area contributed by atoms with E-state index in [2.05, 4.69) is 25.2 Å². The second kappa shape index (κ2) is 9.82. The highest BCUT2D eigenvalue weighted by Gasteiger charge is 1.97. The molecule has 0 amide bonds. The predicted octanol–water partition coefficient (Wildman–Crippen LogP) is 3.24. The molecule has 0 aromatic heterocycles. The van der Waals surface area contributed by atoms with Crippen LogP contribution in [-0.2, 0) is 11.3 Å². The Bertz CT molecular complexity index is 339. The Hall–Kier alpha value is -1.06. The molecule has 19 heavy (non-hydrogen) atoms. The molecule has 1 aromatic carbocycles. The first-order valence-corrected chi connectivity index (χ1v) is 7.13. The van der Waals surface area contributed by atoms with Crippen LogP contribution in [0.5, 0.6) is 5.75 Å². The number of rotatable bonds is 10. The molecule has 1 aromatic rings. The van der Waals surface area contributed by atoms with Crippen molar-refractivity contribution in [2.75, 3.05) is 26.8 Å². The Morgan fingerprint density at radius 1 is 1.21 bits per heavy atom. The summed E-state index contributed by atoms with van der Waals surface area (Å²) >= 11 is 0. The van der Waals surface area contributed by atoms with Gasteiger partial charge < -0.3 is 14.8 Å². The fraction of sp³-hybridized carbons (Fsp3) is 0.625. The van der Waals surface area contributed by atoms with Crippen molar-refractivity contribution < 1.29 is 9.47 Å². The summed E-state index contributed by atoms with van der Waals surface area (Å²) in [6.07, 6.45) is 2.53. The van der Waals surface area contributed by atoms with E-state index in [9.17, 15) is 0 Å². The molecule has 0 radical (unpaired) electrons. The van der Waals surface area contributed by atoms with Gasteiger partial charge in [-0.3, -0.25) is 0 Å². The van der Waals surface area contributed by atoms with Crippen LogP contribution in [-0.4, -0.2) is 26.8 Å². The van der Waals surface area contributed by atoms with Gasteiger partial charge in [-0.05, 0) is 43.0 Å². The number of hydrogen-bond donors (Lipinski definition) is 1. The number of benzene rings is 1. The van der Waals surface area contributed by atoms with Gasteiger partial charge in [0.1, 0.15) is 5.75 Å². The third-order valence-electron chi connectivity index (χ3n) is 2.96. The van der Waals surface area contributed by atoms with E-state index in [1.54, 1.807) is 7.11 Å². The zero-order chi connectivity index (χ0) is 13.9. The lowest BCUT2D eigenvalue weighted by Crippen LogP contribution is -2.21. The van der Waals surface area contributed by atoms with Gasteiger partial charge in [0.05, 0.1) is 20.3 Å². The second-order valence-corrected chi connectivity index (χ2v) is 5.19. The molecule has 3 heteroatoms. The zero-order valence-corrected chi connectivity index (χ0v) is 12.4. The van der Waals surface area contributed by atoms with E-state index in [1.165, 1.54) is 12.8 Å². The molecule has 0 aliphatic heterocycles. The molecule has 1 rings (SSSR count). The van der Waals surface area contributed by atoms with Crippen LogP contribution >= 0.6 is 0 Å². The topological polar surface area (TPSA) is 30.5 Å². The Kier molecular flexibility index (Phi) is 8.26. The maximum Gasteiger partial charge on any atom is 0.119 e. The summed E-state index contributed by atoms with van der Waals surface area (Å²) in [7, 11) is 1.68. The van der Waals surface area contributed by atoms with E-state index in [4.69, 9.17) is 9.47 Å². The molecular formula is C16H27NO2. The molecule has 0 aliphatic rings. The summed E-state index contributed by atoms with van der Waals surface area (Å²) in [4.78, 5) is 0. The van der Waals surface area contributed by atoms with Crippen LogP contribution < -0.4 is 10.1 Å². The molecular weight excluding hydrogens is 238 g/mol. The van der Waals surface area contributed by atoms with Gasteiger partial charge in [-0.1, -0.05) is 26.0 Å². The quantitative estimate of drug-likeness (QED) is 0.659. The highest BCUT2D eigenvalue weighted by atomic mass is 16.5. The lowest BCUT2D eigenvalue weighted by molar-refractivity contribution is 0.122. The van der Waals surface area contributed by atoms with E-state index >= 15 is 0 Å². The van der Waals surface area contributed by atoms with Gasteiger partial charge in [0.25, 0.3) is 0 Å². The van der Waals surface area contributed by atoms with Crippen LogP contribution in [0.1, 0.15) is 32.3 Å². The number of nitrogens with one attached hydrogen (secondary N) is 1. The normalized spacial score (nSPS) is 10.9. The van der Waals surface area contributed by atoms with Crippen LogP contribution in [0, 0.1) is 5.92 Å². The first-order valence-electron chi connectivity index (χ1n) is 7.13. The first-order chi connectivity index (χ1) is 9.22. The first kappa shape index (κ1) is 16.0. The summed E-state index contributed by atoms with van der Waals surface area (Å²) < 4.78 is 10.8. The maximum atomic E-state index is 5.63. The number of methoxy groups -OCH3 is 1. The fourth-order valence-corrected chi connectivity index (χ4v) is 1.86. The molecule has 0 spiro atoms. The summed E-state index contributed by atoms with van der Waals surface area (Å²) in [5, 5.41) is 3.40. The predicted molar refractivity (Wildman–Crippen MR) is 79.6 cm³/mol. The van der Waals surface area contributed by atoms with Crippen molar-refractivity contribution in [3.8, 4) is 5.75 Å². The van der Waals surface area contributed by atoms with Gasteiger partial charge in [0.15, 0.2) is 0 Å². The highest BCUT2D eigenvalue weighted by molar-refractivity contribution is 5.27. The van der Waals surface area contributed by atoms with Gasteiger partial charge in [-0.15, -0.1) is 0 Å². The second-order valence-electron chi connectivity index (χ2n) is 5.19. The molecule has 108 valence electrons. The fourth-order valence-electron chi connectivity index (χ4n) is 1.86. The van der Waals surface area contributed by atoms with Crippen molar-refractivity contribution in [3.05, 3.63) is 29.8 Å².